The molecule has 0 N–H and O–H groups in total. The zero-order valence-corrected chi connectivity index (χ0v) is 12.9. The summed E-state index contributed by atoms with van der Waals surface area (Å²) >= 11 is 0. The van der Waals surface area contributed by atoms with Crippen molar-refractivity contribution in [2.75, 3.05) is 6.61 Å². The molecule has 0 aliphatic rings. The number of para-hydroxylation sites is 2. The van der Waals surface area contributed by atoms with Gasteiger partial charge in [0.25, 0.3) is 0 Å². The first-order chi connectivity index (χ1) is 10.8. The predicted molar refractivity (Wildman–Crippen MR) is 90.3 cm³/mol. The molecule has 0 bridgehead atoms. The van der Waals surface area contributed by atoms with Crippen LogP contribution in [0.15, 0.2) is 53.5 Å². The highest BCUT2D eigenvalue weighted by atomic mass is 16.5. The minimum atomic E-state index is 0.675. The molecular weight excluding hydrogens is 274 g/mol. The van der Waals surface area contributed by atoms with Gasteiger partial charge in [-0.2, -0.15) is 0 Å². The first-order valence-electron chi connectivity index (χ1n) is 7.54. The van der Waals surface area contributed by atoms with Crippen LogP contribution in [0.25, 0.3) is 11.0 Å². The maximum Gasteiger partial charge on any atom is 0.230 e. The van der Waals surface area contributed by atoms with E-state index in [1.165, 1.54) is 0 Å². The summed E-state index contributed by atoms with van der Waals surface area (Å²) in [7, 11) is 0. The molecule has 0 saturated heterocycles. The Morgan fingerprint density at radius 2 is 1.86 bits per heavy atom. The molecule has 0 aliphatic heterocycles. The normalized spacial score (nSPS) is 11.4. The lowest BCUT2D eigenvalue weighted by Crippen LogP contribution is -1.93. The Bertz CT molecular complexity index is 788. The van der Waals surface area contributed by atoms with Crippen molar-refractivity contribution in [3.8, 4) is 5.75 Å². The molecule has 4 nitrogen and oxygen atoms in total. The van der Waals surface area contributed by atoms with Gasteiger partial charge < -0.3 is 9.30 Å². The van der Waals surface area contributed by atoms with Gasteiger partial charge >= 0.3 is 0 Å². The molecule has 3 rings (SSSR count). The molecule has 22 heavy (non-hydrogen) atoms. The fourth-order valence-electron chi connectivity index (χ4n) is 2.42. The fourth-order valence-corrected chi connectivity index (χ4v) is 2.42. The fraction of sp³-hybridized carbons (Fsp3) is 0.222. The summed E-state index contributed by atoms with van der Waals surface area (Å²) in [5.74, 6) is 1.61. The summed E-state index contributed by atoms with van der Waals surface area (Å²) in [6.07, 6.45) is 1.84. The van der Waals surface area contributed by atoms with Crippen LogP contribution in [-0.2, 0) is 6.54 Å². The lowest BCUT2D eigenvalue weighted by Gasteiger charge is -2.03. The number of hydrogen-bond donors (Lipinski definition) is 0. The summed E-state index contributed by atoms with van der Waals surface area (Å²) in [4.78, 5) is 9.13. The summed E-state index contributed by atoms with van der Waals surface area (Å²) in [6.45, 7) is 5.60. The first-order valence-corrected chi connectivity index (χ1v) is 7.54. The summed E-state index contributed by atoms with van der Waals surface area (Å²) in [5, 5.41) is 0. The highest BCUT2D eigenvalue weighted by Gasteiger charge is 2.06. The van der Waals surface area contributed by atoms with Gasteiger partial charge in [0.2, 0.25) is 5.95 Å². The monoisotopic (exact) mass is 293 g/mol. The van der Waals surface area contributed by atoms with Crippen molar-refractivity contribution in [2.24, 2.45) is 4.99 Å². The van der Waals surface area contributed by atoms with Gasteiger partial charge in [0.05, 0.1) is 17.6 Å². The maximum absolute atomic E-state index is 5.44. The topological polar surface area (TPSA) is 39.4 Å². The molecule has 0 aliphatic carbocycles. The molecule has 112 valence electrons. The molecule has 1 heterocycles. The van der Waals surface area contributed by atoms with Crippen molar-refractivity contribution in [2.45, 2.75) is 20.4 Å². The molecule has 0 fully saturated rings. The van der Waals surface area contributed by atoms with Crippen LogP contribution >= 0.6 is 0 Å². The number of aryl methyl sites for hydroxylation is 1. The van der Waals surface area contributed by atoms with Gasteiger partial charge in [0, 0.05) is 12.8 Å². The van der Waals surface area contributed by atoms with Crippen molar-refractivity contribution >= 4 is 23.2 Å². The van der Waals surface area contributed by atoms with E-state index in [2.05, 4.69) is 27.5 Å². The van der Waals surface area contributed by atoms with Crippen LogP contribution in [-0.4, -0.2) is 22.4 Å². The SMILES string of the molecule is CCOc1ccc(C=Nc2nc3ccccc3n2CC)cc1. The summed E-state index contributed by atoms with van der Waals surface area (Å²) in [6, 6.07) is 16.0. The molecule has 2 aromatic carbocycles. The molecular formula is C18H19N3O. The Labute approximate surface area is 130 Å². The van der Waals surface area contributed by atoms with E-state index in [9.17, 15) is 0 Å². The number of aromatic nitrogens is 2. The number of aliphatic imine (C=N–C) groups is 1. The smallest absolute Gasteiger partial charge is 0.230 e. The number of ether oxygens (including phenoxy) is 1. The van der Waals surface area contributed by atoms with Crippen LogP contribution in [0.3, 0.4) is 0 Å². The molecule has 3 aromatic rings. The molecule has 0 radical (unpaired) electrons. The average Bonchev–Trinajstić information content (AvgIpc) is 2.92. The van der Waals surface area contributed by atoms with Crippen molar-refractivity contribution in [1.82, 2.24) is 9.55 Å². The van der Waals surface area contributed by atoms with Crippen molar-refractivity contribution in [1.29, 1.82) is 0 Å². The molecule has 0 saturated carbocycles. The van der Waals surface area contributed by atoms with Gasteiger partial charge in [-0.3, -0.25) is 0 Å². The van der Waals surface area contributed by atoms with Gasteiger partial charge in [0.15, 0.2) is 0 Å². The van der Waals surface area contributed by atoms with Crippen LogP contribution in [0.4, 0.5) is 5.95 Å². The second-order valence-corrected chi connectivity index (χ2v) is 4.91. The summed E-state index contributed by atoms with van der Waals surface area (Å²) in [5.41, 5.74) is 3.12. The van der Waals surface area contributed by atoms with Crippen molar-refractivity contribution < 1.29 is 4.74 Å². The third kappa shape index (κ3) is 2.86. The number of hydrogen-bond acceptors (Lipinski definition) is 3. The van der Waals surface area contributed by atoms with Gasteiger partial charge in [0.1, 0.15) is 5.75 Å². The number of benzene rings is 2. The van der Waals surface area contributed by atoms with E-state index in [4.69, 9.17) is 4.74 Å². The largest absolute Gasteiger partial charge is 0.494 e. The van der Waals surface area contributed by atoms with Crippen LogP contribution in [0.2, 0.25) is 0 Å². The first kappa shape index (κ1) is 14.3. The Balaban J connectivity index is 1.88. The van der Waals surface area contributed by atoms with E-state index < -0.39 is 0 Å². The van der Waals surface area contributed by atoms with E-state index in [1.807, 2.05) is 55.6 Å². The van der Waals surface area contributed by atoms with E-state index in [-0.39, 0.29) is 0 Å². The van der Waals surface area contributed by atoms with E-state index >= 15 is 0 Å². The molecule has 4 heteroatoms. The minimum Gasteiger partial charge on any atom is -0.494 e. The number of rotatable bonds is 5. The average molecular weight is 293 g/mol. The second-order valence-electron chi connectivity index (χ2n) is 4.91. The van der Waals surface area contributed by atoms with E-state index in [0.29, 0.717) is 6.61 Å². The minimum absolute atomic E-state index is 0.675. The molecule has 1 aromatic heterocycles. The molecule has 0 unspecified atom stereocenters. The van der Waals surface area contributed by atoms with Crippen LogP contribution in [0.1, 0.15) is 19.4 Å². The number of nitrogens with zero attached hydrogens (tertiary/aromatic N) is 3. The Hall–Kier alpha value is -2.62. The third-order valence-corrected chi connectivity index (χ3v) is 3.47. The molecule has 0 amide bonds. The standard InChI is InChI=1S/C18H19N3O/c1-3-21-17-8-6-5-7-16(17)20-18(21)19-13-14-9-11-15(12-10-14)22-4-2/h5-13H,3-4H2,1-2H3. The van der Waals surface area contributed by atoms with Gasteiger partial charge in [-0.1, -0.05) is 12.1 Å². The Morgan fingerprint density at radius 3 is 2.59 bits per heavy atom. The number of imidazole rings is 1. The highest BCUT2D eigenvalue weighted by molar-refractivity contribution is 5.83. The summed E-state index contributed by atoms with van der Waals surface area (Å²) < 4.78 is 7.55. The van der Waals surface area contributed by atoms with Crippen LogP contribution in [0, 0.1) is 0 Å². The van der Waals surface area contributed by atoms with Gasteiger partial charge in [-0.15, -0.1) is 0 Å². The van der Waals surface area contributed by atoms with Crippen LogP contribution in [0.5, 0.6) is 5.75 Å². The maximum atomic E-state index is 5.44. The number of fused-ring (bicyclic) bond motifs is 1. The highest BCUT2D eigenvalue weighted by Crippen LogP contribution is 2.21. The zero-order chi connectivity index (χ0) is 15.4. The zero-order valence-electron chi connectivity index (χ0n) is 12.9. The van der Waals surface area contributed by atoms with Crippen molar-refractivity contribution in [3.63, 3.8) is 0 Å². The van der Waals surface area contributed by atoms with Crippen LogP contribution < -0.4 is 4.74 Å². The third-order valence-electron chi connectivity index (χ3n) is 3.47. The lowest BCUT2D eigenvalue weighted by molar-refractivity contribution is 0.340. The van der Waals surface area contributed by atoms with Gasteiger partial charge in [-0.25, -0.2) is 9.98 Å². The quantitative estimate of drug-likeness (QED) is 0.661. The molecule has 0 spiro atoms. The molecule has 0 atom stereocenters. The predicted octanol–water partition coefficient (Wildman–Crippen LogP) is 4.21. The van der Waals surface area contributed by atoms with Gasteiger partial charge in [-0.05, 0) is 55.8 Å². The van der Waals surface area contributed by atoms with E-state index in [0.717, 1.165) is 34.8 Å². The van der Waals surface area contributed by atoms with Crippen molar-refractivity contribution in [3.05, 3.63) is 54.1 Å². The lowest BCUT2D eigenvalue weighted by atomic mass is 10.2. The van der Waals surface area contributed by atoms with E-state index in [1.54, 1.807) is 0 Å². The second kappa shape index (κ2) is 6.43. The Morgan fingerprint density at radius 1 is 1.09 bits per heavy atom. The Kier molecular flexibility index (Phi) is 4.19.